The zero-order valence-corrected chi connectivity index (χ0v) is 15.0. The van der Waals surface area contributed by atoms with Crippen molar-refractivity contribution < 1.29 is 8.42 Å². The second-order valence-corrected chi connectivity index (χ2v) is 9.75. The predicted octanol–water partition coefficient (Wildman–Crippen LogP) is 2.95. The van der Waals surface area contributed by atoms with E-state index in [1.54, 1.807) is 15.6 Å². The smallest absolute Gasteiger partial charge is 0.217 e. The average molecular weight is 372 g/mol. The molecule has 0 N–H and O–H groups in total. The molecule has 4 rings (SSSR count). The highest BCUT2D eigenvalue weighted by Gasteiger charge is 2.40. The molecule has 0 amide bonds. The molecule has 1 aromatic heterocycles. The van der Waals surface area contributed by atoms with Crippen LogP contribution in [-0.2, 0) is 10.0 Å². The van der Waals surface area contributed by atoms with Gasteiger partial charge in [-0.05, 0) is 37.5 Å². The molecule has 2 heterocycles. The topological polar surface area (TPSA) is 53.5 Å². The van der Waals surface area contributed by atoms with Gasteiger partial charge in [0, 0.05) is 31.2 Å². The molecule has 2 aromatic rings. The van der Waals surface area contributed by atoms with Crippen LogP contribution >= 0.6 is 22.9 Å². The summed E-state index contributed by atoms with van der Waals surface area (Å²) in [5.41, 5.74) is 0.945. The van der Waals surface area contributed by atoms with Crippen molar-refractivity contribution >= 4 is 48.3 Å². The van der Waals surface area contributed by atoms with E-state index < -0.39 is 10.0 Å². The minimum absolute atomic E-state index is 0.126. The van der Waals surface area contributed by atoms with Crippen molar-refractivity contribution in [2.24, 2.45) is 0 Å². The first-order chi connectivity index (χ1) is 11.0. The van der Waals surface area contributed by atoms with Gasteiger partial charge in [-0.3, -0.25) is 0 Å². The van der Waals surface area contributed by atoms with Crippen molar-refractivity contribution in [3.63, 3.8) is 0 Å². The lowest BCUT2D eigenvalue weighted by Crippen LogP contribution is -2.37. The molecule has 23 heavy (non-hydrogen) atoms. The lowest BCUT2D eigenvalue weighted by molar-refractivity contribution is 0.432. The third-order valence-corrected chi connectivity index (χ3v) is 8.08. The molecule has 0 unspecified atom stereocenters. The second kappa shape index (κ2) is 5.88. The van der Waals surface area contributed by atoms with E-state index in [1.165, 1.54) is 0 Å². The molecule has 2 aliphatic rings. The number of rotatable bonds is 3. The van der Waals surface area contributed by atoms with Gasteiger partial charge in [0.25, 0.3) is 0 Å². The van der Waals surface area contributed by atoms with Crippen LogP contribution < -0.4 is 4.90 Å². The number of hydrogen-bond donors (Lipinski definition) is 0. The van der Waals surface area contributed by atoms with Crippen molar-refractivity contribution in [2.75, 3.05) is 31.1 Å². The fourth-order valence-electron chi connectivity index (χ4n) is 2.94. The number of sulfonamides is 1. The molecule has 0 atom stereocenters. The van der Waals surface area contributed by atoms with Crippen LogP contribution in [-0.4, -0.2) is 49.1 Å². The van der Waals surface area contributed by atoms with E-state index in [0.29, 0.717) is 24.7 Å². The highest BCUT2D eigenvalue weighted by atomic mass is 35.5. The molecule has 1 aromatic carbocycles. The van der Waals surface area contributed by atoms with Gasteiger partial charge in [0.2, 0.25) is 10.0 Å². The zero-order valence-electron chi connectivity index (χ0n) is 12.6. The Morgan fingerprint density at radius 2 is 2.00 bits per heavy atom. The summed E-state index contributed by atoms with van der Waals surface area (Å²) in [5, 5.41) is 1.54. The number of halogens is 1. The van der Waals surface area contributed by atoms with Gasteiger partial charge >= 0.3 is 0 Å². The van der Waals surface area contributed by atoms with E-state index >= 15 is 0 Å². The van der Waals surface area contributed by atoms with Gasteiger partial charge in [0.15, 0.2) is 5.13 Å². The molecule has 2 fully saturated rings. The molecule has 1 saturated carbocycles. The van der Waals surface area contributed by atoms with Gasteiger partial charge in [-0.15, -0.1) is 0 Å². The number of benzene rings is 1. The maximum absolute atomic E-state index is 12.4. The Labute approximate surface area is 144 Å². The quantitative estimate of drug-likeness (QED) is 0.832. The van der Waals surface area contributed by atoms with Gasteiger partial charge in [0.05, 0.1) is 15.5 Å². The van der Waals surface area contributed by atoms with Gasteiger partial charge < -0.3 is 4.90 Å². The zero-order chi connectivity index (χ0) is 16.0. The third kappa shape index (κ3) is 3.07. The van der Waals surface area contributed by atoms with E-state index in [-0.39, 0.29) is 5.25 Å². The molecule has 1 aliphatic carbocycles. The summed E-state index contributed by atoms with van der Waals surface area (Å²) in [6.07, 6.45) is 2.48. The van der Waals surface area contributed by atoms with Crippen LogP contribution in [0.15, 0.2) is 18.2 Å². The van der Waals surface area contributed by atoms with Gasteiger partial charge in [-0.25, -0.2) is 13.4 Å². The summed E-state index contributed by atoms with van der Waals surface area (Å²) >= 11 is 7.65. The van der Waals surface area contributed by atoms with E-state index in [2.05, 4.69) is 9.88 Å². The van der Waals surface area contributed by atoms with Gasteiger partial charge in [-0.2, -0.15) is 4.31 Å². The maximum Gasteiger partial charge on any atom is 0.217 e. The number of thiazole rings is 1. The fraction of sp³-hybridized carbons (Fsp3) is 0.533. The summed E-state index contributed by atoms with van der Waals surface area (Å²) in [5.74, 6) is 0. The van der Waals surface area contributed by atoms with Gasteiger partial charge in [-0.1, -0.05) is 22.9 Å². The molecular weight excluding hydrogens is 354 g/mol. The Morgan fingerprint density at radius 1 is 1.17 bits per heavy atom. The molecule has 0 radical (unpaired) electrons. The third-order valence-electron chi connectivity index (χ3n) is 4.37. The van der Waals surface area contributed by atoms with Crippen molar-refractivity contribution in [3.05, 3.63) is 23.2 Å². The normalized spacial score (nSPS) is 20.8. The number of fused-ring (bicyclic) bond motifs is 1. The van der Waals surface area contributed by atoms with Crippen LogP contribution in [0.3, 0.4) is 0 Å². The second-order valence-electron chi connectivity index (χ2n) is 6.09. The van der Waals surface area contributed by atoms with Crippen LogP contribution in [0, 0.1) is 0 Å². The first-order valence-corrected chi connectivity index (χ1v) is 10.5. The highest BCUT2D eigenvalue weighted by Crippen LogP contribution is 2.33. The highest BCUT2D eigenvalue weighted by molar-refractivity contribution is 7.90. The first kappa shape index (κ1) is 15.6. The predicted molar refractivity (Wildman–Crippen MR) is 95.0 cm³/mol. The molecule has 5 nitrogen and oxygen atoms in total. The van der Waals surface area contributed by atoms with Crippen LogP contribution in [0.4, 0.5) is 5.13 Å². The van der Waals surface area contributed by atoms with E-state index in [1.807, 2.05) is 18.2 Å². The minimum Gasteiger partial charge on any atom is -0.347 e. The number of nitrogens with zero attached hydrogens (tertiary/aromatic N) is 3. The largest absolute Gasteiger partial charge is 0.347 e. The molecule has 0 bridgehead atoms. The Bertz CT molecular complexity index is 832. The van der Waals surface area contributed by atoms with Crippen molar-refractivity contribution in [3.8, 4) is 0 Å². The standard InChI is InChI=1S/C15H18ClN3O2S2/c16-11-2-5-13-14(10-11)22-15(17-13)18-6-1-7-19(9-8-18)23(20,21)12-3-4-12/h2,5,10,12H,1,3-4,6-9H2. The first-order valence-electron chi connectivity index (χ1n) is 7.84. The lowest BCUT2D eigenvalue weighted by atomic mass is 10.3. The van der Waals surface area contributed by atoms with Crippen molar-refractivity contribution in [1.82, 2.24) is 9.29 Å². The maximum atomic E-state index is 12.4. The van der Waals surface area contributed by atoms with Crippen LogP contribution in [0.25, 0.3) is 10.2 Å². The van der Waals surface area contributed by atoms with Crippen molar-refractivity contribution in [2.45, 2.75) is 24.5 Å². The summed E-state index contributed by atoms with van der Waals surface area (Å²) in [6.45, 7) is 2.70. The molecule has 1 saturated heterocycles. The summed E-state index contributed by atoms with van der Waals surface area (Å²) in [6, 6.07) is 5.71. The van der Waals surface area contributed by atoms with Crippen LogP contribution in [0.2, 0.25) is 5.02 Å². The summed E-state index contributed by atoms with van der Waals surface area (Å²) in [4.78, 5) is 6.87. The number of aromatic nitrogens is 1. The Morgan fingerprint density at radius 3 is 2.78 bits per heavy atom. The van der Waals surface area contributed by atoms with E-state index in [0.717, 1.165) is 41.2 Å². The fourth-order valence-corrected chi connectivity index (χ4v) is 6.10. The number of hydrogen-bond acceptors (Lipinski definition) is 5. The number of anilines is 1. The molecule has 124 valence electrons. The monoisotopic (exact) mass is 371 g/mol. The molecule has 0 spiro atoms. The average Bonchev–Trinajstić information content (AvgIpc) is 3.31. The summed E-state index contributed by atoms with van der Waals surface area (Å²) in [7, 11) is -3.08. The molecular formula is C15H18ClN3O2S2. The molecule has 1 aliphatic heterocycles. The Hall–Kier alpha value is -0.890. The SMILES string of the molecule is O=S(=O)(C1CC1)N1CCCN(c2nc3ccc(Cl)cc3s2)CC1. The van der Waals surface area contributed by atoms with Crippen molar-refractivity contribution in [1.29, 1.82) is 0 Å². The Balaban J connectivity index is 1.53. The minimum atomic E-state index is -3.08. The van der Waals surface area contributed by atoms with Gasteiger partial charge in [0.1, 0.15) is 0 Å². The lowest BCUT2D eigenvalue weighted by Gasteiger charge is -2.21. The van der Waals surface area contributed by atoms with E-state index in [9.17, 15) is 8.42 Å². The van der Waals surface area contributed by atoms with Crippen LogP contribution in [0.5, 0.6) is 0 Å². The summed E-state index contributed by atoms with van der Waals surface area (Å²) < 4.78 is 27.5. The molecule has 8 heteroatoms. The Kier molecular flexibility index (Phi) is 3.99. The van der Waals surface area contributed by atoms with E-state index in [4.69, 9.17) is 11.6 Å². The van der Waals surface area contributed by atoms with Crippen LogP contribution in [0.1, 0.15) is 19.3 Å².